The molecule has 2 unspecified atom stereocenters. The normalized spacial score (nSPS) is 21.9. The average molecular weight is 320 g/mol. The van der Waals surface area contributed by atoms with Gasteiger partial charge in [-0.1, -0.05) is 5.11 Å². The second-order valence-corrected chi connectivity index (χ2v) is 7.50. The molecule has 0 spiro atoms. The zero-order valence-corrected chi connectivity index (χ0v) is 12.9. The molecule has 21 heavy (non-hydrogen) atoms. The number of amides is 1. The van der Waals surface area contributed by atoms with Crippen molar-refractivity contribution in [2.75, 3.05) is 19.4 Å². The van der Waals surface area contributed by atoms with E-state index in [1.165, 1.54) is 6.92 Å². The third-order valence-electron chi connectivity index (χ3n) is 3.47. The number of carbonyl (C=O) groups is 1. The van der Waals surface area contributed by atoms with Crippen LogP contribution in [-0.4, -0.2) is 44.8 Å². The third-order valence-corrected chi connectivity index (χ3v) is 5.50. The van der Waals surface area contributed by atoms with Crippen molar-refractivity contribution in [2.24, 2.45) is 5.11 Å². The minimum atomic E-state index is -3.71. The van der Waals surface area contributed by atoms with E-state index in [9.17, 15) is 13.2 Å². The Kier molecular flexibility index (Phi) is 6.41. The van der Waals surface area contributed by atoms with Gasteiger partial charge in [0.2, 0.25) is 0 Å². The van der Waals surface area contributed by atoms with Gasteiger partial charge in [-0.2, -0.15) is 0 Å². The third kappa shape index (κ3) is 4.85. The van der Waals surface area contributed by atoms with E-state index in [4.69, 9.17) is 15.1 Å². The molecule has 0 aromatic rings. The highest BCUT2D eigenvalue weighted by Crippen LogP contribution is 2.22. The zero-order chi connectivity index (χ0) is 15.9. The predicted octanol–water partition coefficient (Wildman–Crippen LogP) is 1.06. The lowest BCUT2D eigenvalue weighted by molar-refractivity contribution is -0.201. The van der Waals surface area contributed by atoms with E-state index in [0.29, 0.717) is 13.0 Å². The van der Waals surface area contributed by atoms with E-state index in [1.807, 2.05) is 0 Å². The Hall–Kier alpha value is -1.35. The number of ether oxygens (including phenoxy) is 1. The number of hydroxylamine groups is 1. The number of nitrogens with one attached hydrogen (secondary N) is 1. The summed E-state index contributed by atoms with van der Waals surface area (Å²) in [5, 5.41) is 3.27. The van der Waals surface area contributed by atoms with Crippen LogP contribution >= 0.6 is 0 Å². The topological polar surface area (TPSA) is 130 Å². The summed E-state index contributed by atoms with van der Waals surface area (Å²) in [6, 6.07) is 0. The van der Waals surface area contributed by atoms with Crippen molar-refractivity contribution in [3.63, 3.8) is 0 Å². The van der Waals surface area contributed by atoms with Crippen LogP contribution in [-0.2, 0) is 24.2 Å². The Labute approximate surface area is 123 Å². The molecule has 0 saturated carbocycles. The van der Waals surface area contributed by atoms with E-state index >= 15 is 0 Å². The van der Waals surface area contributed by atoms with Gasteiger partial charge in [0.25, 0.3) is 5.91 Å². The van der Waals surface area contributed by atoms with Crippen LogP contribution < -0.4 is 5.48 Å². The minimum Gasteiger partial charge on any atom is -0.350 e. The minimum absolute atomic E-state index is 0.104. The van der Waals surface area contributed by atoms with Gasteiger partial charge in [-0.25, -0.2) is 18.7 Å². The Morgan fingerprint density at radius 2 is 2.29 bits per heavy atom. The Balaban J connectivity index is 2.68. The van der Waals surface area contributed by atoms with Crippen molar-refractivity contribution in [1.82, 2.24) is 5.48 Å². The van der Waals surface area contributed by atoms with Gasteiger partial charge in [-0.05, 0) is 31.7 Å². The second-order valence-electron chi connectivity index (χ2n) is 5.05. The van der Waals surface area contributed by atoms with Crippen molar-refractivity contribution in [1.29, 1.82) is 0 Å². The highest BCUT2D eigenvalue weighted by molar-refractivity contribution is 7.92. The summed E-state index contributed by atoms with van der Waals surface area (Å²) in [6.07, 6.45) is 2.75. The zero-order valence-electron chi connectivity index (χ0n) is 12.1. The first-order valence-corrected chi connectivity index (χ1v) is 8.48. The average Bonchev–Trinajstić information content (AvgIpc) is 2.44. The second kappa shape index (κ2) is 7.60. The summed E-state index contributed by atoms with van der Waals surface area (Å²) in [6.45, 7) is 1.71. The van der Waals surface area contributed by atoms with E-state index < -0.39 is 26.8 Å². The number of nitrogens with zero attached hydrogens (tertiary/aromatic N) is 3. The largest absolute Gasteiger partial charge is 0.350 e. The van der Waals surface area contributed by atoms with Crippen LogP contribution in [0.3, 0.4) is 0 Å². The molecule has 10 heteroatoms. The fourth-order valence-corrected chi connectivity index (χ4v) is 2.65. The molecule has 9 nitrogen and oxygen atoms in total. The molecule has 1 rings (SSSR count). The summed E-state index contributed by atoms with van der Waals surface area (Å²) in [5.74, 6) is -0.799. The molecule has 1 fully saturated rings. The first kappa shape index (κ1) is 17.7. The molecule has 2 atom stereocenters. The van der Waals surface area contributed by atoms with Gasteiger partial charge in [-0.3, -0.25) is 4.79 Å². The summed E-state index contributed by atoms with van der Waals surface area (Å²) in [7, 11) is -3.71. The maximum absolute atomic E-state index is 12.1. The molecular formula is C11H20N4O5S. The first-order valence-electron chi connectivity index (χ1n) is 6.59. The highest BCUT2D eigenvalue weighted by atomic mass is 32.2. The van der Waals surface area contributed by atoms with Gasteiger partial charge >= 0.3 is 0 Å². The first-order chi connectivity index (χ1) is 9.81. The van der Waals surface area contributed by atoms with Crippen molar-refractivity contribution in [3.05, 3.63) is 10.4 Å². The molecule has 1 amide bonds. The molecule has 0 radical (unpaired) electrons. The quantitative estimate of drug-likeness (QED) is 0.324. The molecule has 0 aromatic carbocycles. The van der Waals surface area contributed by atoms with Crippen LogP contribution in [0.4, 0.5) is 0 Å². The van der Waals surface area contributed by atoms with Gasteiger partial charge < -0.3 is 4.74 Å². The molecule has 120 valence electrons. The Bertz CT molecular complexity index is 511. The van der Waals surface area contributed by atoms with Crippen LogP contribution in [0, 0.1) is 0 Å². The summed E-state index contributed by atoms with van der Waals surface area (Å²) in [4.78, 5) is 19.8. The highest BCUT2D eigenvalue weighted by Gasteiger charge is 2.43. The summed E-state index contributed by atoms with van der Waals surface area (Å²) >= 11 is 0. The summed E-state index contributed by atoms with van der Waals surface area (Å²) < 4.78 is 27.3. The molecule has 1 saturated heterocycles. The number of carbonyl (C=O) groups excluding carboxylic acids is 1. The molecule has 1 N–H and O–H groups in total. The standard InChI is InChI=1S/C11H20N4O5S/c1-11(21(2,17)18,6-7-13-15-12)10(16)14-20-9-5-3-4-8-19-9/h9H,3-8H2,1-2H3,(H,14,16). The van der Waals surface area contributed by atoms with Crippen LogP contribution in [0.5, 0.6) is 0 Å². The van der Waals surface area contributed by atoms with Gasteiger partial charge in [0, 0.05) is 30.7 Å². The van der Waals surface area contributed by atoms with Crippen LogP contribution in [0.25, 0.3) is 10.4 Å². The van der Waals surface area contributed by atoms with E-state index in [-0.39, 0.29) is 13.0 Å². The van der Waals surface area contributed by atoms with E-state index in [2.05, 4.69) is 15.5 Å². The van der Waals surface area contributed by atoms with Crippen molar-refractivity contribution >= 4 is 15.7 Å². The van der Waals surface area contributed by atoms with E-state index in [0.717, 1.165) is 19.1 Å². The fraction of sp³-hybridized carbons (Fsp3) is 0.909. The predicted molar refractivity (Wildman–Crippen MR) is 74.7 cm³/mol. The van der Waals surface area contributed by atoms with Crippen molar-refractivity contribution in [3.8, 4) is 0 Å². The lowest BCUT2D eigenvalue weighted by Crippen LogP contribution is -2.51. The number of azide groups is 1. The molecule has 0 aliphatic carbocycles. The Morgan fingerprint density at radius 1 is 1.57 bits per heavy atom. The maximum Gasteiger partial charge on any atom is 0.264 e. The van der Waals surface area contributed by atoms with Gasteiger partial charge in [-0.15, -0.1) is 0 Å². The van der Waals surface area contributed by atoms with Crippen molar-refractivity contribution in [2.45, 2.75) is 43.6 Å². The Morgan fingerprint density at radius 3 is 2.81 bits per heavy atom. The monoisotopic (exact) mass is 320 g/mol. The molecule has 1 aliphatic heterocycles. The lowest BCUT2D eigenvalue weighted by Gasteiger charge is -2.28. The lowest BCUT2D eigenvalue weighted by atomic mass is 10.1. The molecule has 0 aromatic heterocycles. The van der Waals surface area contributed by atoms with Gasteiger partial charge in [0.1, 0.15) is 4.75 Å². The smallest absolute Gasteiger partial charge is 0.264 e. The maximum atomic E-state index is 12.1. The molecular weight excluding hydrogens is 300 g/mol. The van der Waals surface area contributed by atoms with Crippen LogP contribution in [0.2, 0.25) is 0 Å². The van der Waals surface area contributed by atoms with Crippen LogP contribution in [0.1, 0.15) is 32.6 Å². The number of hydrogen-bond acceptors (Lipinski definition) is 6. The summed E-state index contributed by atoms with van der Waals surface area (Å²) in [5.41, 5.74) is 10.4. The van der Waals surface area contributed by atoms with Crippen LogP contribution in [0.15, 0.2) is 5.11 Å². The van der Waals surface area contributed by atoms with E-state index in [1.54, 1.807) is 0 Å². The van der Waals surface area contributed by atoms with Crippen molar-refractivity contribution < 1.29 is 22.8 Å². The van der Waals surface area contributed by atoms with Gasteiger partial charge in [0.15, 0.2) is 16.1 Å². The number of rotatable bonds is 7. The fourth-order valence-electron chi connectivity index (χ4n) is 1.81. The van der Waals surface area contributed by atoms with Gasteiger partial charge in [0.05, 0.1) is 0 Å². The molecule has 1 heterocycles. The molecule has 1 aliphatic rings. The number of hydrogen-bond donors (Lipinski definition) is 1. The molecule has 0 bridgehead atoms. The number of sulfone groups is 1. The SMILES string of the molecule is CC(CCN=[N+]=[N-])(C(=O)NOC1CCCCO1)S(C)(=O)=O.